The number of nitrogens with one attached hydrogen (secondary N) is 1. The summed E-state index contributed by atoms with van der Waals surface area (Å²) in [5.74, 6) is 1.46. The highest BCUT2D eigenvalue weighted by atomic mass is 16.5. The zero-order valence-corrected chi connectivity index (χ0v) is 10.3. The second-order valence-electron chi connectivity index (χ2n) is 4.75. The molecule has 0 saturated heterocycles. The minimum atomic E-state index is 0.656. The first-order valence-electron chi connectivity index (χ1n) is 5.91. The van der Waals surface area contributed by atoms with Crippen LogP contribution in [0, 0.1) is 11.8 Å². The molecule has 0 spiro atoms. The van der Waals surface area contributed by atoms with Gasteiger partial charge in [0.15, 0.2) is 0 Å². The molecule has 0 radical (unpaired) electrons. The van der Waals surface area contributed by atoms with E-state index >= 15 is 0 Å². The average molecular weight is 201 g/mol. The van der Waals surface area contributed by atoms with Gasteiger partial charge in [0.2, 0.25) is 0 Å². The fraction of sp³-hybridized carbons (Fsp3) is 1.00. The van der Waals surface area contributed by atoms with Crippen LogP contribution in [-0.4, -0.2) is 26.3 Å². The summed E-state index contributed by atoms with van der Waals surface area (Å²) in [5.41, 5.74) is 0. The maximum absolute atomic E-state index is 5.48. The molecule has 1 N–H and O–H groups in total. The van der Waals surface area contributed by atoms with Gasteiger partial charge in [-0.3, -0.25) is 0 Å². The molecule has 0 rings (SSSR count). The van der Waals surface area contributed by atoms with Crippen LogP contribution in [0.25, 0.3) is 0 Å². The van der Waals surface area contributed by atoms with Gasteiger partial charge < -0.3 is 10.1 Å². The standard InChI is InChI=1S/C12H27NO/c1-11(2)6-8-13-7-5-9-14-10-12(3)4/h11-13H,5-10H2,1-4H3. The predicted octanol–water partition coefficient (Wildman–Crippen LogP) is 2.68. The fourth-order valence-electron chi connectivity index (χ4n) is 1.13. The molecule has 0 aromatic carbocycles. The Morgan fingerprint density at radius 3 is 2.29 bits per heavy atom. The van der Waals surface area contributed by atoms with Crippen LogP contribution >= 0.6 is 0 Å². The number of hydrogen-bond acceptors (Lipinski definition) is 2. The van der Waals surface area contributed by atoms with Crippen molar-refractivity contribution >= 4 is 0 Å². The summed E-state index contributed by atoms with van der Waals surface area (Å²) in [5, 5.41) is 3.42. The molecule has 14 heavy (non-hydrogen) atoms. The summed E-state index contributed by atoms with van der Waals surface area (Å²) in [4.78, 5) is 0. The van der Waals surface area contributed by atoms with Gasteiger partial charge in [-0.1, -0.05) is 27.7 Å². The summed E-state index contributed by atoms with van der Waals surface area (Å²) in [6.07, 6.45) is 2.40. The minimum absolute atomic E-state index is 0.656. The molecule has 0 aliphatic carbocycles. The van der Waals surface area contributed by atoms with Crippen LogP contribution in [0.1, 0.15) is 40.5 Å². The predicted molar refractivity (Wildman–Crippen MR) is 62.6 cm³/mol. The maximum atomic E-state index is 5.48. The van der Waals surface area contributed by atoms with Crippen molar-refractivity contribution in [2.45, 2.75) is 40.5 Å². The van der Waals surface area contributed by atoms with Crippen molar-refractivity contribution in [3.05, 3.63) is 0 Å². The molecule has 0 saturated carbocycles. The second kappa shape index (κ2) is 9.47. The van der Waals surface area contributed by atoms with E-state index in [-0.39, 0.29) is 0 Å². The Balaban J connectivity index is 2.92. The molecule has 2 heteroatoms. The summed E-state index contributed by atoms with van der Waals surface area (Å²) >= 11 is 0. The van der Waals surface area contributed by atoms with Gasteiger partial charge in [-0.15, -0.1) is 0 Å². The quantitative estimate of drug-likeness (QED) is 0.579. The first kappa shape index (κ1) is 13.9. The zero-order chi connectivity index (χ0) is 10.8. The number of ether oxygens (including phenoxy) is 1. The topological polar surface area (TPSA) is 21.3 Å². The summed E-state index contributed by atoms with van der Waals surface area (Å²) < 4.78 is 5.48. The molecule has 0 amide bonds. The molecule has 2 nitrogen and oxygen atoms in total. The Kier molecular flexibility index (Phi) is 9.42. The lowest BCUT2D eigenvalue weighted by Gasteiger charge is -2.08. The van der Waals surface area contributed by atoms with Crippen LogP contribution in [0.2, 0.25) is 0 Å². The molecule has 0 aromatic heterocycles. The third-order valence-corrected chi connectivity index (χ3v) is 1.99. The summed E-state index contributed by atoms with van der Waals surface area (Å²) in [6, 6.07) is 0. The van der Waals surface area contributed by atoms with Gasteiger partial charge in [0.1, 0.15) is 0 Å². The molecular weight excluding hydrogens is 174 g/mol. The Morgan fingerprint density at radius 1 is 1.00 bits per heavy atom. The highest BCUT2D eigenvalue weighted by molar-refractivity contribution is 4.51. The van der Waals surface area contributed by atoms with E-state index in [9.17, 15) is 0 Å². The Morgan fingerprint density at radius 2 is 1.71 bits per heavy atom. The molecule has 0 fully saturated rings. The van der Waals surface area contributed by atoms with E-state index < -0.39 is 0 Å². The monoisotopic (exact) mass is 201 g/mol. The van der Waals surface area contributed by atoms with Crippen molar-refractivity contribution in [3.8, 4) is 0 Å². The number of hydrogen-bond donors (Lipinski definition) is 1. The second-order valence-corrected chi connectivity index (χ2v) is 4.75. The van der Waals surface area contributed by atoms with E-state index in [4.69, 9.17) is 4.74 Å². The molecule has 0 aromatic rings. The first-order chi connectivity index (χ1) is 6.63. The van der Waals surface area contributed by atoms with Crippen LogP contribution in [0.5, 0.6) is 0 Å². The Bertz CT molecular complexity index is 98.9. The lowest BCUT2D eigenvalue weighted by Crippen LogP contribution is -2.19. The molecule has 86 valence electrons. The van der Waals surface area contributed by atoms with E-state index in [0.29, 0.717) is 5.92 Å². The van der Waals surface area contributed by atoms with Gasteiger partial charge in [0.05, 0.1) is 0 Å². The van der Waals surface area contributed by atoms with Crippen molar-refractivity contribution in [1.82, 2.24) is 5.32 Å². The largest absolute Gasteiger partial charge is 0.381 e. The van der Waals surface area contributed by atoms with Gasteiger partial charge in [-0.2, -0.15) is 0 Å². The summed E-state index contributed by atoms with van der Waals surface area (Å²) in [6.45, 7) is 12.9. The smallest absolute Gasteiger partial charge is 0.0489 e. The van der Waals surface area contributed by atoms with Gasteiger partial charge in [-0.25, -0.2) is 0 Å². The van der Waals surface area contributed by atoms with E-state index in [1.165, 1.54) is 6.42 Å². The molecular formula is C12H27NO. The van der Waals surface area contributed by atoms with Crippen molar-refractivity contribution in [2.24, 2.45) is 11.8 Å². The zero-order valence-electron chi connectivity index (χ0n) is 10.3. The van der Waals surface area contributed by atoms with Crippen LogP contribution in [0.15, 0.2) is 0 Å². The molecule has 0 unspecified atom stereocenters. The minimum Gasteiger partial charge on any atom is -0.381 e. The van der Waals surface area contributed by atoms with Crippen molar-refractivity contribution in [1.29, 1.82) is 0 Å². The van der Waals surface area contributed by atoms with Crippen LogP contribution in [0.4, 0.5) is 0 Å². The van der Waals surface area contributed by atoms with Gasteiger partial charge >= 0.3 is 0 Å². The number of rotatable bonds is 9. The molecule has 0 bridgehead atoms. The first-order valence-corrected chi connectivity index (χ1v) is 5.91. The van der Waals surface area contributed by atoms with Gasteiger partial charge in [-0.05, 0) is 37.8 Å². The average Bonchev–Trinajstić information content (AvgIpc) is 2.08. The van der Waals surface area contributed by atoms with Crippen LogP contribution in [0.3, 0.4) is 0 Å². The lowest BCUT2D eigenvalue weighted by atomic mass is 10.1. The van der Waals surface area contributed by atoms with Crippen molar-refractivity contribution in [2.75, 3.05) is 26.3 Å². The van der Waals surface area contributed by atoms with Crippen molar-refractivity contribution in [3.63, 3.8) is 0 Å². The van der Waals surface area contributed by atoms with E-state index in [2.05, 4.69) is 33.0 Å². The third-order valence-electron chi connectivity index (χ3n) is 1.99. The Labute approximate surface area is 89.4 Å². The maximum Gasteiger partial charge on any atom is 0.0489 e. The fourth-order valence-corrected chi connectivity index (χ4v) is 1.13. The van der Waals surface area contributed by atoms with E-state index in [0.717, 1.165) is 38.6 Å². The van der Waals surface area contributed by atoms with E-state index in [1.54, 1.807) is 0 Å². The summed E-state index contributed by atoms with van der Waals surface area (Å²) in [7, 11) is 0. The SMILES string of the molecule is CC(C)CCNCCCOCC(C)C. The molecule has 0 aliphatic rings. The van der Waals surface area contributed by atoms with Crippen LogP contribution < -0.4 is 5.32 Å². The normalized spacial score (nSPS) is 11.6. The molecule has 0 aliphatic heterocycles. The third kappa shape index (κ3) is 11.9. The van der Waals surface area contributed by atoms with Crippen molar-refractivity contribution < 1.29 is 4.74 Å². The van der Waals surface area contributed by atoms with E-state index in [1.807, 2.05) is 0 Å². The highest BCUT2D eigenvalue weighted by Gasteiger charge is 1.95. The molecule has 0 atom stereocenters. The van der Waals surface area contributed by atoms with Gasteiger partial charge in [0, 0.05) is 13.2 Å². The highest BCUT2D eigenvalue weighted by Crippen LogP contribution is 1.96. The van der Waals surface area contributed by atoms with Crippen LogP contribution in [-0.2, 0) is 4.74 Å². The molecule has 0 heterocycles. The van der Waals surface area contributed by atoms with Gasteiger partial charge in [0.25, 0.3) is 0 Å². The lowest BCUT2D eigenvalue weighted by molar-refractivity contribution is 0.108. The Hall–Kier alpha value is -0.0800.